The van der Waals surface area contributed by atoms with E-state index in [0.29, 0.717) is 0 Å². The fraction of sp³-hybridized carbons (Fsp3) is 0.400. The van der Waals surface area contributed by atoms with Gasteiger partial charge < -0.3 is 16.4 Å². The summed E-state index contributed by atoms with van der Waals surface area (Å²) < 4.78 is 0. The van der Waals surface area contributed by atoms with Gasteiger partial charge in [0.15, 0.2) is 0 Å². The average Bonchev–Trinajstić information content (AvgIpc) is 2.72. The Morgan fingerprint density at radius 2 is 2.22 bits per heavy atom. The molecular weight excluding hydrogens is 272 g/mol. The second-order valence-corrected chi connectivity index (χ2v) is 5.09. The van der Waals surface area contributed by atoms with Crippen LogP contribution in [0.4, 0.5) is 0 Å². The number of aryl methyl sites for hydroxylation is 1. The van der Waals surface area contributed by atoms with Crippen molar-refractivity contribution in [2.45, 2.75) is 19.9 Å². The molecule has 0 saturated heterocycles. The van der Waals surface area contributed by atoms with Crippen molar-refractivity contribution in [1.29, 1.82) is 0 Å². The Morgan fingerprint density at radius 1 is 1.56 bits per heavy atom. The van der Waals surface area contributed by atoms with Crippen LogP contribution in [0.1, 0.15) is 23.7 Å². The lowest BCUT2D eigenvalue weighted by Gasteiger charge is -2.10. The fourth-order valence-electron chi connectivity index (χ4n) is 1.14. The monoisotopic (exact) mass is 286 g/mol. The van der Waals surface area contributed by atoms with Crippen LogP contribution in [0.15, 0.2) is 5.38 Å². The molecule has 98 valence electrons. The highest BCUT2D eigenvalue weighted by Crippen LogP contribution is 2.16. The molecule has 1 heterocycles. The molecule has 6 nitrogen and oxygen atoms in total. The first kappa shape index (κ1) is 14.5. The molecule has 0 aliphatic heterocycles. The van der Waals surface area contributed by atoms with Gasteiger partial charge >= 0.3 is 11.8 Å². The molecule has 0 aromatic carbocycles. The predicted octanol–water partition coefficient (Wildman–Crippen LogP) is 0.0310. The number of nitrogens with two attached hydrogens (primary N) is 1. The Hall–Kier alpha value is -1.54. The largest absolute Gasteiger partial charge is 0.392 e. The minimum Gasteiger partial charge on any atom is -0.392 e. The van der Waals surface area contributed by atoms with Crippen molar-refractivity contribution in [3.63, 3.8) is 0 Å². The lowest BCUT2D eigenvalue weighted by atomic mass is 10.3. The lowest BCUT2D eigenvalue weighted by Crippen LogP contribution is -2.43. The molecule has 1 aromatic rings. The van der Waals surface area contributed by atoms with Crippen molar-refractivity contribution in [1.82, 2.24) is 15.6 Å². The Kier molecular flexibility index (Phi) is 5.17. The van der Waals surface area contributed by atoms with Gasteiger partial charge in [-0.15, -0.1) is 11.3 Å². The van der Waals surface area contributed by atoms with E-state index in [-0.39, 0.29) is 17.6 Å². The number of hydrogen-bond acceptors (Lipinski definition) is 5. The normalized spacial score (nSPS) is 11.7. The van der Waals surface area contributed by atoms with E-state index in [2.05, 4.69) is 27.8 Å². The average molecular weight is 286 g/mol. The van der Waals surface area contributed by atoms with Crippen LogP contribution in [-0.2, 0) is 9.59 Å². The van der Waals surface area contributed by atoms with Gasteiger partial charge in [-0.3, -0.25) is 9.59 Å². The van der Waals surface area contributed by atoms with Crippen molar-refractivity contribution in [3.8, 4) is 0 Å². The van der Waals surface area contributed by atoms with E-state index >= 15 is 0 Å². The van der Waals surface area contributed by atoms with E-state index in [9.17, 15) is 9.59 Å². The highest BCUT2D eigenvalue weighted by molar-refractivity contribution is 7.80. The van der Waals surface area contributed by atoms with Crippen LogP contribution in [0.5, 0.6) is 0 Å². The summed E-state index contributed by atoms with van der Waals surface area (Å²) in [5.41, 5.74) is 6.10. The topological polar surface area (TPSA) is 97.1 Å². The number of rotatable bonds is 4. The maximum Gasteiger partial charge on any atom is 0.309 e. The van der Waals surface area contributed by atoms with Crippen molar-refractivity contribution in [2.75, 3.05) is 6.54 Å². The Morgan fingerprint density at radius 3 is 2.72 bits per heavy atom. The van der Waals surface area contributed by atoms with E-state index in [0.717, 1.165) is 10.7 Å². The van der Waals surface area contributed by atoms with Crippen LogP contribution in [0.3, 0.4) is 0 Å². The summed E-state index contributed by atoms with van der Waals surface area (Å²) in [4.78, 5) is 27.2. The third-order valence-corrected chi connectivity index (χ3v) is 3.27. The number of thiazole rings is 1. The Bertz CT molecular complexity index is 472. The summed E-state index contributed by atoms with van der Waals surface area (Å²) in [6.07, 6.45) is 0. The second kappa shape index (κ2) is 6.41. The first-order valence-corrected chi connectivity index (χ1v) is 6.48. The molecular formula is C10H14N4O2S2. The van der Waals surface area contributed by atoms with Gasteiger partial charge in [0.1, 0.15) is 5.01 Å². The lowest BCUT2D eigenvalue weighted by molar-refractivity contribution is -0.139. The van der Waals surface area contributed by atoms with Crippen LogP contribution in [0, 0.1) is 6.92 Å². The van der Waals surface area contributed by atoms with Gasteiger partial charge in [0.2, 0.25) is 0 Å². The molecule has 0 aliphatic rings. The first-order valence-electron chi connectivity index (χ1n) is 5.19. The van der Waals surface area contributed by atoms with Crippen molar-refractivity contribution in [3.05, 3.63) is 16.1 Å². The fourth-order valence-corrected chi connectivity index (χ4v) is 2.02. The summed E-state index contributed by atoms with van der Waals surface area (Å²) in [5, 5.41) is 7.49. The maximum atomic E-state index is 11.5. The van der Waals surface area contributed by atoms with E-state index in [1.807, 2.05) is 12.3 Å². The summed E-state index contributed by atoms with van der Waals surface area (Å²) in [7, 11) is 0. The minimum absolute atomic E-state index is 0.00628. The SMILES string of the molecule is Cc1csc(C(C)NC(=O)C(=O)NCC(N)=S)n1. The number of thiocarbonyl (C=S) groups is 1. The van der Waals surface area contributed by atoms with Gasteiger partial charge in [-0.2, -0.15) is 0 Å². The minimum atomic E-state index is -0.761. The standard InChI is InChI=1S/C10H14N4O2S2/c1-5-4-18-10(13-5)6(2)14-9(16)8(15)12-3-7(11)17/h4,6H,3H2,1-2H3,(H2,11,17)(H,12,15)(H,14,16). The number of carbonyl (C=O) groups is 2. The Labute approximate surface area is 114 Å². The highest BCUT2D eigenvalue weighted by atomic mass is 32.1. The number of nitrogens with one attached hydrogen (secondary N) is 2. The van der Waals surface area contributed by atoms with E-state index < -0.39 is 11.8 Å². The van der Waals surface area contributed by atoms with Gasteiger partial charge in [0, 0.05) is 11.1 Å². The summed E-state index contributed by atoms with van der Waals surface area (Å²) in [6, 6.07) is -0.313. The number of aromatic nitrogens is 1. The number of amides is 2. The molecule has 1 aromatic heterocycles. The molecule has 8 heteroatoms. The van der Waals surface area contributed by atoms with Crippen LogP contribution in [0.25, 0.3) is 0 Å². The Balaban J connectivity index is 2.49. The molecule has 0 spiro atoms. The highest BCUT2D eigenvalue weighted by Gasteiger charge is 2.18. The van der Waals surface area contributed by atoms with Crippen LogP contribution in [-0.4, -0.2) is 28.3 Å². The summed E-state index contributed by atoms with van der Waals surface area (Å²) >= 11 is 6.02. The zero-order valence-corrected chi connectivity index (χ0v) is 11.7. The van der Waals surface area contributed by atoms with Crippen molar-refractivity contribution >= 4 is 40.4 Å². The number of nitrogens with zero attached hydrogens (tertiary/aromatic N) is 1. The third-order valence-electron chi connectivity index (χ3n) is 1.98. The van der Waals surface area contributed by atoms with E-state index in [4.69, 9.17) is 5.73 Å². The van der Waals surface area contributed by atoms with Crippen LogP contribution >= 0.6 is 23.6 Å². The number of hydrogen-bond donors (Lipinski definition) is 3. The van der Waals surface area contributed by atoms with Gasteiger partial charge in [0.25, 0.3) is 0 Å². The van der Waals surface area contributed by atoms with Crippen LogP contribution in [0.2, 0.25) is 0 Å². The van der Waals surface area contributed by atoms with E-state index in [1.54, 1.807) is 6.92 Å². The molecule has 0 fully saturated rings. The van der Waals surface area contributed by atoms with Gasteiger partial charge in [-0.05, 0) is 13.8 Å². The quantitative estimate of drug-likeness (QED) is 0.536. The maximum absolute atomic E-state index is 11.5. The molecule has 2 amide bonds. The molecule has 0 bridgehead atoms. The predicted molar refractivity (Wildman–Crippen MR) is 73.2 cm³/mol. The molecule has 18 heavy (non-hydrogen) atoms. The van der Waals surface area contributed by atoms with Crippen LogP contribution < -0.4 is 16.4 Å². The molecule has 0 aliphatic carbocycles. The van der Waals surface area contributed by atoms with Crippen molar-refractivity contribution < 1.29 is 9.59 Å². The molecule has 4 N–H and O–H groups in total. The zero-order chi connectivity index (χ0) is 13.7. The van der Waals surface area contributed by atoms with Gasteiger partial charge in [0.05, 0.1) is 17.6 Å². The zero-order valence-electron chi connectivity index (χ0n) is 10.0. The third kappa shape index (κ3) is 4.38. The molecule has 1 unspecified atom stereocenters. The first-order chi connectivity index (χ1) is 8.40. The van der Waals surface area contributed by atoms with Gasteiger partial charge in [-0.1, -0.05) is 12.2 Å². The molecule has 1 atom stereocenters. The second-order valence-electron chi connectivity index (χ2n) is 3.67. The summed E-state index contributed by atoms with van der Waals surface area (Å²) in [5.74, 6) is -1.49. The molecule has 0 radical (unpaired) electrons. The van der Waals surface area contributed by atoms with E-state index in [1.165, 1.54) is 11.3 Å². The van der Waals surface area contributed by atoms with Crippen molar-refractivity contribution in [2.24, 2.45) is 5.73 Å². The number of carbonyl (C=O) groups excluding carboxylic acids is 2. The van der Waals surface area contributed by atoms with Gasteiger partial charge in [-0.25, -0.2) is 4.98 Å². The smallest absolute Gasteiger partial charge is 0.309 e. The molecule has 0 saturated carbocycles. The molecule has 1 rings (SSSR count). The summed E-state index contributed by atoms with van der Waals surface area (Å²) in [6.45, 7) is 3.63.